The number of carbonyl (C=O) groups excluding carboxylic acids is 1. The minimum atomic E-state index is -1.14. The lowest BCUT2D eigenvalue weighted by Crippen LogP contribution is -2.15. The lowest BCUT2D eigenvalue weighted by molar-refractivity contribution is 0.0697. The van der Waals surface area contributed by atoms with Crippen LogP contribution in [0.3, 0.4) is 0 Å². The molecule has 0 aromatic carbocycles. The topological polar surface area (TPSA) is 92.2 Å². The summed E-state index contributed by atoms with van der Waals surface area (Å²) in [5.74, 6) is -1.67. The molecule has 0 bridgehead atoms. The standard InChI is InChI=1S/C11H8ClN3O3S/c1-5-8(11(17)18)10(19-15-5)14-9(16)6-3-2-4-7(12)13-6/h2-4H,1H3,(H,14,16)(H,17,18). The lowest BCUT2D eigenvalue weighted by Gasteiger charge is -2.03. The molecule has 0 aliphatic heterocycles. The number of carboxylic acid groups (broad SMARTS) is 1. The average molecular weight is 298 g/mol. The van der Waals surface area contributed by atoms with E-state index in [-0.39, 0.29) is 21.4 Å². The number of aromatic carboxylic acids is 1. The maximum Gasteiger partial charge on any atom is 0.340 e. The van der Waals surface area contributed by atoms with Gasteiger partial charge in [0, 0.05) is 0 Å². The van der Waals surface area contributed by atoms with Gasteiger partial charge in [-0.2, -0.15) is 4.37 Å². The molecule has 0 aliphatic rings. The van der Waals surface area contributed by atoms with E-state index in [1.165, 1.54) is 12.1 Å². The van der Waals surface area contributed by atoms with E-state index in [0.717, 1.165) is 11.5 Å². The molecule has 0 atom stereocenters. The zero-order chi connectivity index (χ0) is 14.0. The number of carbonyl (C=O) groups is 2. The molecule has 98 valence electrons. The first-order valence-electron chi connectivity index (χ1n) is 5.12. The van der Waals surface area contributed by atoms with E-state index >= 15 is 0 Å². The Labute approximate surface area is 117 Å². The van der Waals surface area contributed by atoms with Gasteiger partial charge < -0.3 is 10.4 Å². The summed E-state index contributed by atoms with van der Waals surface area (Å²) in [6.07, 6.45) is 0. The van der Waals surface area contributed by atoms with E-state index in [1.54, 1.807) is 13.0 Å². The van der Waals surface area contributed by atoms with Crippen molar-refractivity contribution >= 4 is 40.0 Å². The first-order chi connectivity index (χ1) is 8.99. The van der Waals surface area contributed by atoms with Gasteiger partial charge in [-0.15, -0.1) is 0 Å². The Morgan fingerprint density at radius 1 is 1.42 bits per heavy atom. The van der Waals surface area contributed by atoms with Crippen LogP contribution in [0.5, 0.6) is 0 Å². The molecule has 0 fully saturated rings. The molecule has 0 spiro atoms. The van der Waals surface area contributed by atoms with Gasteiger partial charge in [0.25, 0.3) is 5.91 Å². The smallest absolute Gasteiger partial charge is 0.340 e. The SMILES string of the molecule is Cc1nsc(NC(=O)c2cccc(Cl)n2)c1C(=O)O. The Hall–Kier alpha value is -1.99. The molecule has 19 heavy (non-hydrogen) atoms. The fourth-order valence-corrected chi connectivity index (χ4v) is 2.36. The van der Waals surface area contributed by atoms with Gasteiger partial charge in [-0.25, -0.2) is 9.78 Å². The minimum absolute atomic E-state index is 0.0135. The minimum Gasteiger partial charge on any atom is -0.478 e. The third-order valence-electron chi connectivity index (χ3n) is 2.25. The molecule has 0 unspecified atom stereocenters. The molecule has 8 heteroatoms. The molecule has 1 amide bonds. The van der Waals surface area contributed by atoms with Crippen LogP contribution in [-0.2, 0) is 0 Å². The number of anilines is 1. The van der Waals surface area contributed by atoms with Crippen molar-refractivity contribution in [3.05, 3.63) is 40.3 Å². The van der Waals surface area contributed by atoms with Crippen molar-refractivity contribution < 1.29 is 14.7 Å². The van der Waals surface area contributed by atoms with Gasteiger partial charge in [-0.05, 0) is 30.6 Å². The summed E-state index contributed by atoms with van der Waals surface area (Å²) in [5.41, 5.74) is 0.446. The second kappa shape index (κ2) is 5.33. The van der Waals surface area contributed by atoms with E-state index in [0.29, 0.717) is 5.69 Å². The molecule has 0 saturated heterocycles. The van der Waals surface area contributed by atoms with Gasteiger partial charge in [0.15, 0.2) is 0 Å². The Morgan fingerprint density at radius 3 is 2.79 bits per heavy atom. The highest BCUT2D eigenvalue weighted by molar-refractivity contribution is 7.11. The highest BCUT2D eigenvalue weighted by Gasteiger charge is 2.20. The van der Waals surface area contributed by atoms with E-state index < -0.39 is 11.9 Å². The molecule has 6 nitrogen and oxygen atoms in total. The number of hydrogen-bond donors (Lipinski definition) is 2. The summed E-state index contributed by atoms with van der Waals surface area (Å²) in [7, 11) is 0. The van der Waals surface area contributed by atoms with Crippen LogP contribution in [-0.4, -0.2) is 26.3 Å². The van der Waals surface area contributed by atoms with Gasteiger partial charge in [0.05, 0.1) is 5.69 Å². The zero-order valence-electron chi connectivity index (χ0n) is 9.68. The highest BCUT2D eigenvalue weighted by atomic mass is 35.5. The van der Waals surface area contributed by atoms with Gasteiger partial charge in [-0.1, -0.05) is 17.7 Å². The largest absolute Gasteiger partial charge is 0.478 e. The predicted octanol–water partition coefficient (Wildman–Crippen LogP) is 2.45. The number of aromatic nitrogens is 2. The third kappa shape index (κ3) is 2.88. The van der Waals surface area contributed by atoms with E-state index in [2.05, 4.69) is 14.7 Å². The Morgan fingerprint density at radius 2 is 2.16 bits per heavy atom. The van der Waals surface area contributed by atoms with Crippen molar-refractivity contribution in [2.24, 2.45) is 0 Å². The first kappa shape index (κ1) is 13.4. The molecule has 2 heterocycles. The molecule has 2 aromatic rings. The number of aryl methyl sites for hydroxylation is 1. The second-order valence-electron chi connectivity index (χ2n) is 3.58. The van der Waals surface area contributed by atoms with Gasteiger partial charge in [0.1, 0.15) is 21.4 Å². The summed E-state index contributed by atoms with van der Waals surface area (Å²) < 4.78 is 3.90. The molecular weight excluding hydrogens is 290 g/mol. The first-order valence-corrected chi connectivity index (χ1v) is 6.27. The number of pyridine rings is 1. The molecule has 0 aliphatic carbocycles. The van der Waals surface area contributed by atoms with E-state index in [9.17, 15) is 9.59 Å². The third-order valence-corrected chi connectivity index (χ3v) is 3.32. The number of nitrogens with zero attached hydrogens (tertiary/aromatic N) is 2. The van der Waals surface area contributed by atoms with Crippen molar-refractivity contribution in [3.63, 3.8) is 0 Å². The Kier molecular flexibility index (Phi) is 3.77. The number of halogens is 1. The highest BCUT2D eigenvalue weighted by Crippen LogP contribution is 2.24. The van der Waals surface area contributed by atoms with Crippen LogP contribution in [0.1, 0.15) is 26.5 Å². The number of rotatable bonds is 3. The fourth-order valence-electron chi connectivity index (χ4n) is 1.41. The van der Waals surface area contributed by atoms with Crippen molar-refractivity contribution in [3.8, 4) is 0 Å². The monoisotopic (exact) mass is 297 g/mol. The van der Waals surface area contributed by atoms with Crippen LogP contribution in [0.25, 0.3) is 0 Å². The van der Waals surface area contributed by atoms with Crippen molar-refractivity contribution in [2.75, 3.05) is 5.32 Å². The summed E-state index contributed by atoms with van der Waals surface area (Å²) in [4.78, 5) is 26.8. The number of nitrogens with one attached hydrogen (secondary N) is 1. The van der Waals surface area contributed by atoms with Gasteiger partial charge >= 0.3 is 5.97 Å². The summed E-state index contributed by atoms with van der Waals surface area (Å²) in [5, 5.41) is 11.9. The molecule has 2 N–H and O–H groups in total. The van der Waals surface area contributed by atoms with Crippen LogP contribution in [0.4, 0.5) is 5.00 Å². The number of hydrogen-bond acceptors (Lipinski definition) is 5. The predicted molar refractivity (Wildman–Crippen MR) is 71.0 cm³/mol. The molecule has 2 aromatic heterocycles. The van der Waals surface area contributed by atoms with Crippen molar-refractivity contribution in [2.45, 2.75) is 6.92 Å². The maximum absolute atomic E-state index is 11.9. The summed E-state index contributed by atoms with van der Waals surface area (Å²) in [6.45, 7) is 1.56. The maximum atomic E-state index is 11.9. The molecule has 0 radical (unpaired) electrons. The Bertz CT molecular complexity index is 656. The van der Waals surface area contributed by atoms with Crippen LogP contribution in [0.2, 0.25) is 5.15 Å². The van der Waals surface area contributed by atoms with Crippen molar-refractivity contribution in [1.82, 2.24) is 9.36 Å². The van der Waals surface area contributed by atoms with Crippen LogP contribution in [0.15, 0.2) is 18.2 Å². The normalized spacial score (nSPS) is 10.2. The van der Waals surface area contributed by atoms with Crippen molar-refractivity contribution in [1.29, 1.82) is 0 Å². The van der Waals surface area contributed by atoms with E-state index in [4.69, 9.17) is 16.7 Å². The Balaban J connectivity index is 2.27. The summed E-state index contributed by atoms with van der Waals surface area (Å²) >= 11 is 6.59. The summed E-state index contributed by atoms with van der Waals surface area (Å²) in [6, 6.07) is 4.60. The molecule has 0 saturated carbocycles. The fraction of sp³-hybridized carbons (Fsp3) is 0.0909. The van der Waals surface area contributed by atoms with Gasteiger partial charge in [0.2, 0.25) is 0 Å². The van der Waals surface area contributed by atoms with E-state index in [1.807, 2.05) is 0 Å². The van der Waals surface area contributed by atoms with Crippen LogP contribution in [0, 0.1) is 6.92 Å². The molecular formula is C11H8ClN3O3S. The lowest BCUT2D eigenvalue weighted by atomic mass is 10.2. The average Bonchev–Trinajstić information content (AvgIpc) is 2.70. The van der Waals surface area contributed by atoms with Gasteiger partial charge in [-0.3, -0.25) is 4.79 Å². The number of amides is 1. The number of carboxylic acids is 1. The van der Waals surface area contributed by atoms with Crippen LogP contribution < -0.4 is 5.32 Å². The quantitative estimate of drug-likeness (QED) is 0.849. The van der Waals surface area contributed by atoms with Crippen LogP contribution >= 0.6 is 23.1 Å². The zero-order valence-corrected chi connectivity index (χ0v) is 11.2. The molecule has 2 rings (SSSR count). The second-order valence-corrected chi connectivity index (χ2v) is 4.74.